The summed E-state index contributed by atoms with van der Waals surface area (Å²) in [5.41, 5.74) is 8.79. The Kier molecular flexibility index (Phi) is 4.68. The molecule has 4 N–H and O–H groups in total. The van der Waals surface area contributed by atoms with Crippen LogP contribution in [0.15, 0.2) is 54.6 Å². The van der Waals surface area contributed by atoms with Crippen LogP contribution in [0.4, 0.5) is 11.4 Å². The van der Waals surface area contributed by atoms with Crippen LogP contribution < -0.4 is 15.8 Å². The molecule has 0 heterocycles. The van der Waals surface area contributed by atoms with Gasteiger partial charge in [-0.3, -0.25) is 9.59 Å². The number of aryl methyl sites for hydroxylation is 1. The van der Waals surface area contributed by atoms with Crippen LogP contribution in [0.25, 0.3) is 0 Å². The molecule has 0 aliphatic heterocycles. The maximum Gasteiger partial charge on any atom is 0.198 e. The zero-order chi connectivity index (χ0) is 20.5. The highest BCUT2D eigenvalue weighted by molar-refractivity contribution is 6.31. The van der Waals surface area contributed by atoms with Gasteiger partial charge in [0.1, 0.15) is 18.1 Å². The van der Waals surface area contributed by atoms with Crippen molar-refractivity contribution in [1.82, 2.24) is 0 Å². The zero-order valence-electron chi connectivity index (χ0n) is 15.9. The number of rotatable bonds is 5. The van der Waals surface area contributed by atoms with Crippen LogP contribution in [0.5, 0.6) is 11.5 Å². The highest BCUT2D eigenvalue weighted by Crippen LogP contribution is 2.41. The molecule has 0 amide bonds. The summed E-state index contributed by atoms with van der Waals surface area (Å²) >= 11 is 0. The van der Waals surface area contributed by atoms with E-state index in [1.165, 1.54) is 6.07 Å². The summed E-state index contributed by atoms with van der Waals surface area (Å²) in [6.45, 7) is 2.76. The number of ketones is 2. The first-order chi connectivity index (χ1) is 14.0. The smallest absolute Gasteiger partial charge is 0.198 e. The first-order valence-electron chi connectivity index (χ1n) is 9.25. The number of phenolic OH excluding ortho intramolecular Hbond substituents is 1. The van der Waals surface area contributed by atoms with Crippen molar-refractivity contribution in [2.75, 3.05) is 24.2 Å². The third-order valence-corrected chi connectivity index (χ3v) is 5.00. The molecule has 3 aromatic carbocycles. The van der Waals surface area contributed by atoms with E-state index >= 15 is 0 Å². The van der Waals surface area contributed by atoms with Gasteiger partial charge in [-0.15, -0.1) is 0 Å². The fourth-order valence-corrected chi connectivity index (χ4v) is 3.51. The number of nitrogen functional groups attached to an aromatic ring is 1. The summed E-state index contributed by atoms with van der Waals surface area (Å²) in [5.74, 6) is -0.962. The van der Waals surface area contributed by atoms with Crippen LogP contribution >= 0.6 is 0 Å². The highest BCUT2D eigenvalue weighted by atomic mass is 16.5. The molecule has 3 aromatic rings. The number of benzene rings is 3. The molecule has 0 unspecified atom stereocenters. The number of carbonyl (C=O) groups excluding carboxylic acids is 2. The topological polar surface area (TPSA) is 102 Å². The predicted octanol–water partition coefficient (Wildman–Crippen LogP) is 3.55. The number of hydrogen-bond donors (Lipinski definition) is 3. The maximum absolute atomic E-state index is 12.9. The summed E-state index contributed by atoms with van der Waals surface area (Å²) in [6.07, 6.45) is 0. The molecule has 0 fully saturated rings. The molecule has 0 saturated heterocycles. The second kappa shape index (κ2) is 7.31. The lowest BCUT2D eigenvalue weighted by Gasteiger charge is -2.21. The number of phenols is 1. The molecular weight excluding hydrogens is 368 g/mol. The second-order valence-corrected chi connectivity index (χ2v) is 6.85. The summed E-state index contributed by atoms with van der Waals surface area (Å²) in [7, 11) is 0. The van der Waals surface area contributed by atoms with Crippen molar-refractivity contribution in [3.05, 3.63) is 82.4 Å². The molecule has 29 heavy (non-hydrogen) atoms. The molecule has 0 bridgehead atoms. The van der Waals surface area contributed by atoms with E-state index < -0.39 is 11.6 Å². The van der Waals surface area contributed by atoms with Crippen molar-refractivity contribution >= 4 is 22.9 Å². The van der Waals surface area contributed by atoms with Gasteiger partial charge in [0, 0.05) is 29.4 Å². The van der Waals surface area contributed by atoms with E-state index in [0.29, 0.717) is 6.54 Å². The van der Waals surface area contributed by atoms with Crippen LogP contribution in [0.3, 0.4) is 0 Å². The van der Waals surface area contributed by atoms with E-state index in [4.69, 9.17) is 10.5 Å². The Morgan fingerprint density at radius 1 is 0.966 bits per heavy atom. The van der Waals surface area contributed by atoms with E-state index in [-0.39, 0.29) is 46.0 Å². The van der Waals surface area contributed by atoms with Gasteiger partial charge in [-0.25, -0.2) is 0 Å². The summed E-state index contributed by atoms with van der Waals surface area (Å²) in [6, 6.07) is 15.7. The number of hydrogen-bond acceptors (Lipinski definition) is 6. The number of anilines is 2. The van der Waals surface area contributed by atoms with Crippen molar-refractivity contribution in [3.63, 3.8) is 0 Å². The second-order valence-electron chi connectivity index (χ2n) is 6.85. The number of nitrogens with one attached hydrogen (secondary N) is 1. The fraction of sp³-hybridized carbons (Fsp3) is 0.130. The molecule has 6 nitrogen and oxygen atoms in total. The van der Waals surface area contributed by atoms with E-state index in [9.17, 15) is 14.7 Å². The van der Waals surface area contributed by atoms with Gasteiger partial charge in [-0.2, -0.15) is 0 Å². The maximum atomic E-state index is 12.9. The lowest BCUT2D eigenvalue weighted by Crippen LogP contribution is -2.23. The first-order valence-corrected chi connectivity index (χ1v) is 9.25. The minimum atomic E-state index is -0.424. The first kappa shape index (κ1) is 18.6. The van der Waals surface area contributed by atoms with Gasteiger partial charge in [0.2, 0.25) is 0 Å². The SMILES string of the molecule is Cc1ccccc1NCCOc1cc(O)c2c(c1N)C(=O)c1ccccc1C2=O. The monoisotopic (exact) mass is 388 g/mol. The minimum Gasteiger partial charge on any atom is -0.507 e. The molecule has 0 aromatic heterocycles. The third-order valence-electron chi connectivity index (χ3n) is 5.00. The van der Waals surface area contributed by atoms with Crippen molar-refractivity contribution in [3.8, 4) is 11.5 Å². The van der Waals surface area contributed by atoms with Gasteiger partial charge in [0.15, 0.2) is 11.6 Å². The van der Waals surface area contributed by atoms with Crippen LogP contribution in [0, 0.1) is 6.92 Å². The molecule has 146 valence electrons. The van der Waals surface area contributed by atoms with Crippen LogP contribution in [0.2, 0.25) is 0 Å². The Morgan fingerprint density at radius 2 is 1.59 bits per heavy atom. The van der Waals surface area contributed by atoms with Crippen molar-refractivity contribution in [1.29, 1.82) is 0 Å². The van der Waals surface area contributed by atoms with Crippen molar-refractivity contribution < 1.29 is 19.4 Å². The molecule has 0 saturated carbocycles. The minimum absolute atomic E-state index is 0.00411. The normalized spacial score (nSPS) is 12.3. The highest BCUT2D eigenvalue weighted by Gasteiger charge is 2.35. The lowest BCUT2D eigenvalue weighted by atomic mass is 9.82. The molecule has 1 aliphatic rings. The molecule has 6 heteroatoms. The third kappa shape index (κ3) is 3.18. The number of nitrogens with two attached hydrogens (primary N) is 1. The Hall–Kier alpha value is -3.80. The molecule has 0 radical (unpaired) electrons. The van der Waals surface area contributed by atoms with Gasteiger partial charge in [0.25, 0.3) is 0 Å². The Morgan fingerprint density at radius 3 is 2.28 bits per heavy atom. The van der Waals surface area contributed by atoms with Gasteiger partial charge in [-0.1, -0.05) is 42.5 Å². The van der Waals surface area contributed by atoms with E-state index in [1.807, 2.05) is 31.2 Å². The molecule has 1 aliphatic carbocycles. The van der Waals surface area contributed by atoms with E-state index in [1.54, 1.807) is 24.3 Å². The summed E-state index contributed by atoms with van der Waals surface area (Å²) in [5, 5.41) is 13.7. The van der Waals surface area contributed by atoms with Gasteiger partial charge >= 0.3 is 0 Å². The van der Waals surface area contributed by atoms with E-state index in [0.717, 1.165) is 11.3 Å². The number of fused-ring (bicyclic) bond motifs is 2. The quantitative estimate of drug-likeness (QED) is 0.275. The van der Waals surface area contributed by atoms with Gasteiger partial charge < -0.3 is 20.9 Å². The number of carbonyl (C=O) groups is 2. The fourth-order valence-electron chi connectivity index (χ4n) is 3.51. The van der Waals surface area contributed by atoms with Crippen molar-refractivity contribution in [2.45, 2.75) is 6.92 Å². The van der Waals surface area contributed by atoms with Gasteiger partial charge in [-0.05, 0) is 18.6 Å². The Labute approximate surface area is 167 Å². The number of para-hydroxylation sites is 1. The van der Waals surface area contributed by atoms with Crippen molar-refractivity contribution in [2.24, 2.45) is 0 Å². The number of aromatic hydroxyl groups is 1. The standard InChI is InChI=1S/C23H20N2O4/c1-13-6-2-5-9-16(13)25-10-11-29-18-12-17(26)19-20(21(18)24)23(28)15-8-4-3-7-14(15)22(19)27/h2-9,12,25-26H,10-11,24H2,1H3. The molecule has 0 atom stereocenters. The van der Waals surface area contributed by atoms with Crippen LogP contribution in [-0.4, -0.2) is 29.8 Å². The largest absolute Gasteiger partial charge is 0.507 e. The molecule has 0 spiro atoms. The summed E-state index contributed by atoms with van der Waals surface area (Å²) in [4.78, 5) is 25.7. The molecule has 4 rings (SSSR count). The van der Waals surface area contributed by atoms with Gasteiger partial charge in [0.05, 0.1) is 16.8 Å². The van der Waals surface area contributed by atoms with E-state index in [2.05, 4.69) is 5.32 Å². The molecular formula is C23H20N2O4. The predicted molar refractivity (Wildman–Crippen MR) is 111 cm³/mol. The average Bonchev–Trinajstić information content (AvgIpc) is 2.72. The zero-order valence-corrected chi connectivity index (χ0v) is 15.9. The number of ether oxygens (including phenoxy) is 1. The van der Waals surface area contributed by atoms with Crippen LogP contribution in [0.1, 0.15) is 37.4 Å². The average molecular weight is 388 g/mol. The Balaban J connectivity index is 1.58. The summed E-state index contributed by atoms with van der Waals surface area (Å²) < 4.78 is 5.71. The Bertz CT molecular complexity index is 1140. The van der Waals surface area contributed by atoms with Crippen LogP contribution in [-0.2, 0) is 0 Å². The lowest BCUT2D eigenvalue weighted by molar-refractivity contribution is 0.0977.